The van der Waals surface area contributed by atoms with Crippen LogP contribution in [-0.2, 0) is 16.0 Å². The number of pyridine rings is 1. The van der Waals surface area contributed by atoms with E-state index in [0.717, 1.165) is 5.56 Å². The Morgan fingerprint density at radius 3 is 3.06 bits per heavy atom. The van der Waals surface area contributed by atoms with Crippen molar-refractivity contribution < 1.29 is 14.7 Å². The number of aromatic nitrogens is 1. The number of hydrogen-bond acceptors (Lipinski definition) is 3. The van der Waals surface area contributed by atoms with Gasteiger partial charge in [-0.25, -0.2) is 9.78 Å². The van der Waals surface area contributed by atoms with Gasteiger partial charge in [-0.05, 0) is 18.1 Å². The van der Waals surface area contributed by atoms with Gasteiger partial charge < -0.3 is 10.4 Å². The molecule has 0 radical (unpaired) electrons. The highest BCUT2D eigenvalue weighted by Crippen LogP contribution is 2.20. The lowest BCUT2D eigenvalue weighted by atomic mass is 10.1. The van der Waals surface area contributed by atoms with Gasteiger partial charge in [-0.1, -0.05) is 5.92 Å². The fourth-order valence-electron chi connectivity index (χ4n) is 1.45. The number of anilines is 1. The Balaban J connectivity index is 2.30. The number of rotatable bonds is 0. The largest absolute Gasteiger partial charge is 0.472 e. The zero-order chi connectivity index (χ0) is 11.5. The Kier molecular flexibility index (Phi) is 2.56. The number of nitrogens with one attached hydrogen (secondary N) is 1. The molecule has 1 aromatic heterocycles. The molecule has 1 aliphatic heterocycles. The minimum atomic E-state index is -1.17. The van der Waals surface area contributed by atoms with E-state index in [1.54, 1.807) is 6.07 Å². The van der Waals surface area contributed by atoms with E-state index in [1.165, 1.54) is 6.20 Å². The second-order valence-corrected chi connectivity index (χ2v) is 3.34. The minimum absolute atomic E-state index is 0.0515. The summed E-state index contributed by atoms with van der Waals surface area (Å²) in [5.41, 5.74) is 1.43. The normalized spacial score (nSPS) is 13.1. The Morgan fingerprint density at radius 1 is 1.50 bits per heavy atom. The van der Waals surface area contributed by atoms with E-state index in [2.05, 4.69) is 16.2 Å². The van der Waals surface area contributed by atoms with Gasteiger partial charge in [0.15, 0.2) is 0 Å². The zero-order valence-corrected chi connectivity index (χ0v) is 8.28. The van der Waals surface area contributed by atoms with Gasteiger partial charge >= 0.3 is 5.97 Å². The molecule has 2 rings (SSSR count). The first kappa shape index (κ1) is 10.2. The van der Waals surface area contributed by atoms with Crippen molar-refractivity contribution in [1.29, 1.82) is 0 Å². The average Bonchev–Trinajstić information content (AvgIpc) is 2.26. The number of carbonyl (C=O) groups excluding carboxylic acids is 1. The van der Waals surface area contributed by atoms with Crippen LogP contribution in [0.5, 0.6) is 0 Å². The third-order valence-corrected chi connectivity index (χ3v) is 2.16. The van der Waals surface area contributed by atoms with Crippen molar-refractivity contribution in [2.24, 2.45) is 0 Å². The summed E-state index contributed by atoms with van der Waals surface area (Å²) in [5, 5.41) is 11.0. The highest BCUT2D eigenvalue weighted by atomic mass is 16.4. The van der Waals surface area contributed by atoms with Crippen LogP contribution in [0.4, 0.5) is 5.82 Å². The van der Waals surface area contributed by atoms with Crippen molar-refractivity contribution in [3.8, 4) is 11.8 Å². The number of nitrogens with zero attached hydrogens (tertiary/aromatic N) is 1. The van der Waals surface area contributed by atoms with Crippen molar-refractivity contribution in [2.75, 3.05) is 5.32 Å². The fraction of sp³-hybridized carbons (Fsp3) is 0.182. The van der Waals surface area contributed by atoms with E-state index in [1.807, 2.05) is 5.92 Å². The summed E-state index contributed by atoms with van der Waals surface area (Å²) in [4.78, 5) is 25.3. The molecule has 0 aliphatic carbocycles. The van der Waals surface area contributed by atoms with Gasteiger partial charge in [-0.3, -0.25) is 4.79 Å². The van der Waals surface area contributed by atoms with Crippen molar-refractivity contribution >= 4 is 17.7 Å². The number of carboxylic acids is 1. The minimum Gasteiger partial charge on any atom is -0.472 e. The number of aliphatic carboxylic acids is 1. The summed E-state index contributed by atoms with van der Waals surface area (Å²) in [5.74, 6) is 3.81. The number of amides is 1. The van der Waals surface area contributed by atoms with Crippen LogP contribution in [0.15, 0.2) is 12.3 Å². The highest BCUT2D eigenvalue weighted by molar-refractivity contribution is 5.92. The quantitative estimate of drug-likeness (QED) is 0.615. The van der Waals surface area contributed by atoms with E-state index < -0.39 is 5.97 Å². The van der Waals surface area contributed by atoms with Crippen molar-refractivity contribution in [3.63, 3.8) is 0 Å². The molecule has 1 aromatic rings. The number of hydrogen-bond donors (Lipinski definition) is 2. The van der Waals surface area contributed by atoms with Crippen LogP contribution >= 0.6 is 0 Å². The summed E-state index contributed by atoms with van der Waals surface area (Å²) >= 11 is 0. The standard InChI is InChI=1S/C11H8N2O3/c14-9-3-2-8-5-7(1-4-10(15)16)6-12-11(8)13-9/h5-6H,2-3H2,(H,15,16)(H,12,13,14). The molecule has 2 heterocycles. The first-order valence-corrected chi connectivity index (χ1v) is 4.69. The van der Waals surface area contributed by atoms with E-state index in [4.69, 9.17) is 5.11 Å². The van der Waals surface area contributed by atoms with Gasteiger partial charge in [0.25, 0.3) is 0 Å². The fourth-order valence-corrected chi connectivity index (χ4v) is 1.45. The predicted molar refractivity (Wildman–Crippen MR) is 55.7 cm³/mol. The Hall–Kier alpha value is -2.35. The average molecular weight is 216 g/mol. The number of carboxylic acid groups (broad SMARTS) is 1. The molecule has 0 fully saturated rings. The van der Waals surface area contributed by atoms with Gasteiger partial charge in [0.05, 0.1) is 0 Å². The number of carbonyl (C=O) groups is 2. The van der Waals surface area contributed by atoms with Crippen LogP contribution in [0, 0.1) is 11.8 Å². The lowest BCUT2D eigenvalue weighted by Crippen LogP contribution is -2.20. The lowest BCUT2D eigenvalue weighted by Gasteiger charge is -2.14. The molecule has 0 aromatic carbocycles. The summed E-state index contributed by atoms with van der Waals surface area (Å²) in [6, 6.07) is 1.75. The maximum absolute atomic E-state index is 11.1. The lowest BCUT2D eigenvalue weighted by molar-refractivity contribution is -0.130. The molecule has 0 saturated carbocycles. The summed E-state index contributed by atoms with van der Waals surface area (Å²) in [6.45, 7) is 0. The monoisotopic (exact) mass is 216 g/mol. The van der Waals surface area contributed by atoms with E-state index in [-0.39, 0.29) is 5.91 Å². The topological polar surface area (TPSA) is 79.3 Å². The van der Waals surface area contributed by atoms with Crippen LogP contribution in [-0.4, -0.2) is 22.0 Å². The predicted octanol–water partition coefficient (Wildman–Crippen LogP) is 0.402. The van der Waals surface area contributed by atoms with Crippen LogP contribution in [0.25, 0.3) is 0 Å². The Labute approximate surface area is 91.5 Å². The van der Waals surface area contributed by atoms with Gasteiger partial charge in [0.2, 0.25) is 5.91 Å². The third kappa shape index (κ3) is 2.17. The molecule has 1 aliphatic rings. The van der Waals surface area contributed by atoms with Gasteiger partial charge in [-0.15, -0.1) is 0 Å². The Bertz CT molecular complexity index is 526. The molecule has 0 saturated heterocycles. The Morgan fingerprint density at radius 2 is 2.31 bits per heavy atom. The van der Waals surface area contributed by atoms with Crippen LogP contribution in [0.3, 0.4) is 0 Å². The molecule has 0 atom stereocenters. The maximum atomic E-state index is 11.1. The second kappa shape index (κ2) is 4.03. The van der Waals surface area contributed by atoms with Gasteiger partial charge in [-0.2, -0.15) is 0 Å². The van der Waals surface area contributed by atoms with Crippen molar-refractivity contribution in [3.05, 3.63) is 23.4 Å². The third-order valence-electron chi connectivity index (χ3n) is 2.16. The van der Waals surface area contributed by atoms with Crippen LogP contribution in [0.1, 0.15) is 17.5 Å². The van der Waals surface area contributed by atoms with Crippen LogP contribution in [0.2, 0.25) is 0 Å². The van der Waals surface area contributed by atoms with Crippen molar-refractivity contribution in [2.45, 2.75) is 12.8 Å². The molecule has 2 N–H and O–H groups in total. The maximum Gasteiger partial charge on any atom is 0.382 e. The highest BCUT2D eigenvalue weighted by Gasteiger charge is 2.15. The van der Waals surface area contributed by atoms with E-state index >= 15 is 0 Å². The van der Waals surface area contributed by atoms with Gasteiger partial charge in [0, 0.05) is 24.1 Å². The molecule has 0 spiro atoms. The molecule has 0 unspecified atom stereocenters. The molecule has 80 valence electrons. The molecule has 1 amide bonds. The molecular weight excluding hydrogens is 208 g/mol. The summed E-state index contributed by atoms with van der Waals surface area (Å²) < 4.78 is 0. The van der Waals surface area contributed by atoms with Crippen LogP contribution < -0.4 is 5.32 Å². The molecular formula is C11H8N2O3. The number of fused-ring (bicyclic) bond motifs is 1. The van der Waals surface area contributed by atoms with E-state index in [9.17, 15) is 9.59 Å². The first-order chi connectivity index (χ1) is 7.65. The van der Waals surface area contributed by atoms with E-state index in [0.29, 0.717) is 24.2 Å². The molecule has 5 nitrogen and oxygen atoms in total. The molecule has 16 heavy (non-hydrogen) atoms. The van der Waals surface area contributed by atoms with Crippen molar-refractivity contribution in [1.82, 2.24) is 4.98 Å². The second-order valence-electron chi connectivity index (χ2n) is 3.34. The molecule has 0 bridgehead atoms. The first-order valence-electron chi connectivity index (χ1n) is 4.69. The smallest absolute Gasteiger partial charge is 0.382 e. The summed E-state index contributed by atoms with van der Waals surface area (Å²) in [7, 11) is 0. The summed E-state index contributed by atoms with van der Waals surface area (Å²) in [6.07, 6.45) is 2.47. The zero-order valence-electron chi connectivity index (χ0n) is 8.28. The van der Waals surface area contributed by atoms with Gasteiger partial charge in [0.1, 0.15) is 5.82 Å². The SMILES string of the molecule is O=C(O)C#Cc1cnc2c(c1)CCC(=O)N2. The number of aryl methyl sites for hydroxylation is 1. The molecule has 5 heteroatoms.